The molecule has 0 aliphatic carbocycles. The van der Waals surface area contributed by atoms with Gasteiger partial charge in [-0.3, -0.25) is 0 Å². The SMILES string of the molecule is O=C(N1CCOCC1)N1CCC(Oc2ccncn2)CC1. The van der Waals surface area contributed by atoms with Gasteiger partial charge in [-0.2, -0.15) is 0 Å². The normalized spacial score (nSPS) is 20.4. The van der Waals surface area contributed by atoms with Gasteiger partial charge in [0.05, 0.1) is 13.2 Å². The molecule has 21 heavy (non-hydrogen) atoms. The number of aromatic nitrogens is 2. The van der Waals surface area contributed by atoms with Crippen LogP contribution in [0, 0.1) is 0 Å². The van der Waals surface area contributed by atoms with Crippen molar-refractivity contribution in [3.05, 3.63) is 18.6 Å². The van der Waals surface area contributed by atoms with Crippen LogP contribution >= 0.6 is 0 Å². The van der Waals surface area contributed by atoms with E-state index in [1.165, 1.54) is 6.33 Å². The van der Waals surface area contributed by atoms with Crippen LogP contribution in [0.25, 0.3) is 0 Å². The van der Waals surface area contributed by atoms with Gasteiger partial charge >= 0.3 is 6.03 Å². The van der Waals surface area contributed by atoms with Crippen molar-refractivity contribution in [3.8, 4) is 5.88 Å². The fraction of sp³-hybridized carbons (Fsp3) is 0.643. The van der Waals surface area contributed by atoms with Gasteiger partial charge in [0.2, 0.25) is 5.88 Å². The number of amides is 2. The molecule has 0 spiro atoms. The minimum atomic E-state index is 0.119. The third kappa shape index (κ3) is 3.60. The summed E-state index contributed by atoms with van der Waals surface area (Å²) in [6.45, 7) is 4.11. The first-order chi connectivity index (χ1) is 10.3. The van der Waals surface area contributed by atoms with Crippen LogP contribution in [0.2, 0.25) is 0 Å². The molecule has 0 N–H and O–H groups in total. The number of carbonyl (C=O) groups is 1. The molecule has 0 radical (unpaired) electrons. The first-order valence-corrected chi connectivity index (χ1v) is 7.37. The minimum absolute atomic E-state index is 0.119. The number of ether oxygens (including phenoxy) is 2. The maximum atomic E-state index is 12.4. The van der Waals surface area contributed by atoms with Gasteiger partial charge in [-0.25, -0.2) is 14.8 Å². The van der Waals surface area contributed by atoms with E-state index < -0.39 is 0 Å². The lowest BCUT2D eigenvalue weighted by atomic mass is 10.1. The summed E-state index contributed by atoms with van der Waals surface area (Å²) in [5.74, 6) is 0.600. The van der Waals surface area contributed by atoms with E-state index in [0.29, 0.717) is 32.2 Å². The molecule has 7 heteroatoms. The summed E-state index contributed by atoms with van der Waals surface area (Å²) < 4.78 is 11.1. The second kappa shape index (κ2) is 6.71. The molecule has 0 unspecified atom stereocenters. The van der Waals surface area contributed by atoms with Crippen molar-refractivity contribution in [1.29, 1.82) is 0 Å². The van der Waals surface area contributed by atoms with Gasteiger partial charge in [-0.05, 0) is 0 Å². The number of hydrogen-bond donors (Lipinski definition) is 0. The quantitative estimate of drug-likeness (QED) is 0.805. The Labute approximate surface area is 123 Å². The number of piperidine rings is 1. The summed E-state index contributed by atoms with van der Waals surface area (Å²) in [7, 11) is 0. The van der Waals surface area contributed by atoms with Crippen LogP contribution in [0.4, 0.5) is 4.79 Å². The number of likely N-dealkylation sites (tertiary alicyclic amines) is 1. The van der Waals surface area contributed by atoms with Crippen molar-refractivity contribution in [3.63, 3.8) is 0 Å². The highest BCUT2D eigenvalue weighted by Crippen LogP contribution is 2.18. The van der Waals surface area contributed by atoms with E-state index in [4.69, 9.17) is 9.47 Å². The molecule has 2 fully saturated rings. The Kier molecular flexibility index (Phi) is 4.49. The van der Waals surface area contributed by atoms with Crippen LogP contribution in [0.5, 0.6) is 5.88 Å². The average Bonchev–Trinajstić information content (AvgIpc) is 2.57. The lowest BCUT2D eigenvalue weighted by Crippen LogP contribution is -2.51. The second-order valence-electron chi connectivity index (χ2n) is 5.23. The van der Waals surface area contributed by atoms with Crippen LogP contribution in [0.1, 0.15) is 12.8 Å². The Morgan fingerprint density at radius 3 is 2.57 bits per heavy atom. The predicted octanol–water partition coefficient (Wildman–Crippen LogP) is 0.772. The lowest BCUT2D eigenvalue weighted by Gasteiger charge is -2.36. The van der Waals surface area contributed by atoms with Crippen molar-refractivity contribution in [2.45, 2.75) is 18.9 Å². The smallest absolute Gasteiger partial charge is 0.320 e. The van der Waals surface area contributed by atoms with Gasteiger partial charge in [-0.1, -0.05) is 0 Å². The monoisotopic (exact) mass is 292 g/mol. The number of hydrogen-bond acceptors (Lipinski definition) is 5. The number of nitrogens with zero attached hydrogens (tertiary/aromatic N) is 4. The first kappa shape index (κ1) is 14.1. The van der Waals surface area contributed by atoms with E-state index in [2.05, 4.69) is 9.97 Å². The third-order valence-corrected chi connectivity index (χ3v) is 3.84. The highest BCUT2D eigenvalue weighted by Gasteiger charge is 2.28. The summed E-state index contributed by atoms with van der Waals surface area (Å²) in [4.78, 5) is 24.1. The molecule has 1 aromatic heterocycles. The Balaban J connectivity index is 1.47. The number of morpholine rings is 1. The average molecular weight is 292 g/mol. The largest absolute Gasteiger partial charge is 0.474 e. The van der Waals surface area contributed by atoms with Crippen molar-refractivity contribution in [1.82, 2.24) is 19.8 Å². The molecule has 2 aliphatic heterocycles. The minimum Gasteiger partial charge on any atom is -0.474 e. The molecule has 3 rings (SSSR count). The summed E-state index contributed by atoms with van der Waals surface area (Å²) in [5.41, 5.74) is 0. The molecule has 2 amide bonds. The molecule has 114 valence electrons. The molecule has 7 nitrogen and oxygen atoms in total. The summed E-state index contributed by atoms with van der Waals surface area (Å²) in [6, 6.07) is 1.88. The highest BCUT2D eigenvalue weighted by atomic mass is 16.5. The zero-order chi connectivity index (χ0) is 14.5. The van der Waals surface area contributed by atoms with E-state index in [9.17, 15) is 4.79 Å². The van der Waals surface area contributed by atoms with Gasteiger partial charge in [0, 0.05) is 51.3 Å². The third-order valence-electron chi connectivity index (χ3n) is 3.84. The Hall–Kier alpha value is -1.89. The van der Waals surface area contributed by atoms with Crippen molar-refractivity contribution >= 4 is 6.03 Å². The van der Waals surface area contributed by atoms with Crippen LogP contribution in [-0.2, 0) is 4.74 Å². The number of urea groups is 1. The fourth-order valence-corrected chi connectivity index (χ4v) is 2.64. The summed E-state index contributed by atoms with van der Waals surface area (Å²) >= 11 is 0. The van der Waals surface area contributed by atoms with Crippen molar-refractivity contribution in [2.75, 3.05) is 39.4 Å². The molecule has 3 heterocycles. The van der Waals surface area contributed by atoms with Crippen LogP contribution < -0.4 is 4.74 Å². The maximum Gasteiger partial charge on any atom is 0.320 e. The van der Waals surface area contributed by atoms with E-state index >= 15 is 0 Å². The van der Waals surface area contributed by atoms with Crippen molar-refractivity contribution in [2.24, 2.45) is 0 Å². The van der Waals surface area contributed by atoms with Gasteiger partial charge in [0.25, 0.3) is 0 Å². The fourth-order valence-electron chi connectivity index (χ4n) is 2.64. The van der Waals surface area contributed by atoms with Gasteiger partial charge < -0.3 is 19.3 Å². The molecule has 2 aliphatic rings. The Morgan fingerprint density at radius 1 is 1.19 bits per heavy atom. The molecule has 0 bridgehead atoms. The molecule has 0 atom stereocenters. The first-order valence-electron chi connectivity index (χ1n) is 7.37. The molecular formula is C14H20N4O3. The standard InChI is InChI=1S/C14H20N4O3/c19-14(18-7-9-20-10-8-18)17-5-2-12(3-6-17)21-13-1-4-15-11-16-13/h1,4,11-12H,2-3,5-10H2. The number of carbonyl (C=O) groups excluding carboxylic acids is 1. The molecule has 2 saturated heterocycles. The summed E-state index contributed by atoms with van der Waals surface area (Å²) in [6.07, 6.45) is 4.93. The molecule has 0 saturated carbocycles. The van der Waals surface area contributed by atoms with E-state index in [1.807, 2.05) is 9.80 Å². The molecular weight excluding hydrogens is 272 g/mol. The van der Waals surface area contributed by atoms with Gasteiger partial charge in [-0.15, -0.1) is 0 Å². The van der Waals surface area contributed by atoms with Crippen LogP contribution in [0.15, 0.2) is 18.6 Å². The highest BCUT2D eigenvalue weighted by molar-refractivity contribution is 5.74. The lowest BCUT2D eigenvalue weighted by molar-refractivity contribution is 0.0357. The zero-order valence-electron chi connectivity index (χ0n) is 12.0. The number of rotatable bonds is 2. The predicted molar refractivity (Wildman–Crippen MR) is 75.0 cm³/mol. The molecule has 1 aromatic rings. The zero-order valence-corrected chi connectivity index (χ0v) is 12.0. The van der Waals surface area contributed by atoms with Crippen LogP contribution in [0.3, 0.4) is 0 Å². The second-order valence-corrected chi connectivity index (χ2v) is 5.23. The van der Waals surface area contributed by atoms with E-state index in [-0.39, 0.29) is 12.1 Å². The maximum absolute atomic E-state index is 12.4. The van der Waals surface area contributed by atoms with Gasteiger partial charge in [0.1, 0.15) is 12.4 Å². The van der Waals surface area contributed by atoms with Crippen molar-refractivity contribution < 1.29 is 14.3 Å². The topological polar surface area (TPSA) is 67.8 Å². The Bertz CT molecular complexity index is 457. The van der Waals surface area contributed by atoms with Crippen LogP contribution in [-0.4, -0.2) is 71.3 Å². The molecule has 0 aromatic carbocycles. The van der Waals surface area contributed by atoms with Gasteiger partial charge in [0.15, 0.2) is 0 Å². The summed E-state index contributed by atoms with van der Waals surface area (Å²) in [5, 5.41) is 0. The Morgan fingerprint density at radius 2 is 1.90 bits per heavy atom. The van der Waals surface area contributed by atoms with E-state index in [1.54, 1.807) is 12.3 Å². The van der Waals surface area contributed by atoms with E-state index in [0.717, 1.165) is 25.9 Å².